The fraction of sp³-hybridized carbons (Fsp3) is 1.00. The lowest BCUT2D eigenvalue weighted by molar-refractivity contribution is -0.108. The summed E-state index contributed by atoms with van der Waals surface area (Å²) in [5, 5.41) is 10.5. The molecule has 24 heavy (non-hydrogen) atoms. The zero-order valence-corrected chi connectivity index (χ0v) is 15.8. The van der Waals surface area contributed by atoms with Crippen LogP contribution in [0, 0.1) is 23.2 Å². The van der Waals surface area contributed by atoms with Crippen LogP contribution in [0.2, 0.25) is 0 Å². The topological polar surface area (TPSA) is 32.7 Å². The van der Waals surface area contributed by atoms with Gasteiger partial charge in [0.25, 0.3) is 0 Å². The van der Waals surface area contributed by atoms with Crippen molar-refractivity contribution >= 4 is 0 Å². The fourth-order valence-electron chi connectivity index (χ4n) is 7.01. The largest absolute Gasteiger partial charge is 0.389 e. The molecule has 4 saturated carbocycles. The predicted octanol–water partition coefficient (Wildman–Crippen LogP) is 3.84. The van der Waals surface area contributed by atoms with E-state index in [0.717, 1.165) is 30.9 Å². The Morgan fingerprint density at radius 2 is 1.54 bits per heavy atom. The van der Waals surface area contributed by atoms with Gasteiger partial charge in [-0.05, 0) is 88.4 Å². The van der Waals surface area contributed by atoms with Crippen molar-refractivity contribution in [3.8, 4) is 0 Å². The van der Waals surface area contributed by atoms with E-state index in [9.17, 15) is 5.11 Å². The van der Waals surface area contributed by atoms with Gasteiger partial charge in [0.15, 0.2) is 0 Å². The second-order valence-electron chi connectivity index (χ2n) is 9.91. The molecular weight excluding hydrogens is 298 g/mol. The van der Waals surface area contributed by atoms with E-state index in [1.54, 1.807) is 0 Å². The molecule has 1 saturated heterocycles. The van der Waals surface area contributed by atoms with Crippen LogP contribution in [-0.4, -0.2) is 48.0 Å². The molecule has 0 aromatic heterocycles. The Kier molecular flexibility index (Phi) is 4.96. The van der Waals surface area contributed by atoms with Crippen LogP contribution in [0.4, 0.5) is 0 Å². The lowest BCUT2D eigenvalue weighted by Gasteiger charge is -2.56. The number of hydrogen-bond acceptors (Lipinski definition) is 3. The van der Waals surface area contributed by atoms with E-state index in [-0.39, 0.29) is 6.10 Å². The summed E-state index contributed by atoms with van der Waals surface area (Å²) in [5.41, 5.74) is 0.472. The van der Waals surface area contributed by atoms with E-state index in [4.69, 9.17) is 4.74 Å². The summed E-state index contributed by atoms with van der Waals surface area (Å²) in [5.74, 6) is 2.96. The van der Waals surface area contributed by atoms with Gasteiger partial charge in [0.05, 0.1) is 19.3 Å². The molecule has 3 atom stereocenters. The minimum atomic E-state index is -0.332. The lowest BCUT2D eigenvalue weighted by Crippen LogP contribution is -2.49. The van der Waals surface area contributed by atoms with Crippen molar-refractivity contribution < 1.29 is 9.84 Å². The van der Waals surface area contributed by atoms with Gasteiger partial charge in [-0.2, -0.15) is 0 Å². The molecule has 0 aromatic carbocycles. The zero-order valence-electron chi connectivity index (χ0n) is 15.8. The molecule has 1 heterocycles. The van der Waals surface area contributed by atoms with Crippen molar-refractivity contribution in [3.05, 3.63) is 0 Å². The van der Waals surface area contributed by atoms with Crippen LogP contribution in [-0.2, 0) is 4.74 Å². The number of likely N-dealkylation sites (tertiary alicyclic amines) is 1. The highest BCUT2D eigenvalue weighted by Crippen LogP contribution is 2.60. The van der Waals surface area contributed by atoms with Crippen LogP contribution in [0.25, 0.3) is 0 Å². The summed E-state index contributed by atoms with van der Waals surface area (Å²) in [6.07, 6.45) is 12.2. The highest BCUT2D eigenvalue weighted by molar-refractivity contribution is 5.01. The van der Waals surface area contributed by atoms with Crippen molar-refractivity contribution in [1.82, 2.24) is 4.90 Å². The molecule has 4 aliphatic carbocycles. The van der Waals surface area contributed by atoms with E-state index >= 15 is 0 Å². The van der Waals surface area contributed by atoms with Gasteiger partial charge in [0, 0.05) is 18.6 Å². The third-order valence-corrected chi connectivity index (χ3v) is 7.68. The third-order valence-electron chi connectivity index (χ3n) is 7.68. The van der Waals surface area contributed by atoms with Gasteiger partial charge >= 0.3 is 0 Å². The van der Waals surface area contributed by atoms with Gasteiger partial charge in [-0.15, -0.1) is 0 Å². The third kappa shape index (κ3) is 3.54. The van der Waals surface area contributed by atoms with Crippen molar-refractivity contribution in [2.45, 2.75) is 89.8 Å². The van der Waals surface area contributed by atoms with Gasteiger partial charge in [0.1, 0.15) is 0 Å². The fourth-order valence-corrected chi connectivity index (χ4v) is 7.01. The number of piperidine rings is 1. The van der Waals surface area contributed by atoms with E-state index in [0.29, 0.717) is 24.1 Å². The standard InChI is InChI=1S/C21H37NO2/c1-15-4-3-5-16(2)22(15)12-20(23)13-24-14-21-9-17-6-18(10-21)8-19(7-17)11-21/h15-20,23H,3-14H2,1-2H3/t15-,16-,17?,18?,19?,20-,21?/m1/s1. The zero-order chi connectivity index (χ0) is 16.7. The summed E-state index contributed by atoms with van der Waals surface area (Å²) < 4.78 is 6.12. The van der Waals surface area contributed by atoms with E-state index in [1.165, 1.54) is 57.8 Å². The predicted molar refractivity (Wildman–Crippen MR) is 96.9 cm³/mol. The van der Waals surface area contributed by atoms with Gasteiger partial charge in [-0.25, -0.2) is 0 Å². The maximum absolute atomic E-state index is 10.5. The Bertz CT molecular complexity index is 392. The molecule has 0 unspecified atom stereocenters. The Hall–Kier alpha value is -0.120. The van der Waals surface area contributed by atoms with Gasteiger partial charge < -0.3 is 9.84 Å². The molecule has 5 aliphatic rings. The van der Waals surface area contributed by atoms with Crippen molar-refractivity contribution in [1.29, 1.82) is 0 Å². The number of nitrogens with zero attached hydrogens (tertiary/aromatic N) is 1. The number of aliphatic hydroxyl groups is 1. The first kappa shape index (κ1) is 17.3. The molecule has 0 radical (unpaired) electrons. The molecule has 0 amide bonds. The van der Waals surface area contributed by atoms with Gasteiger partial charge in [-0.3, -0.25) is 4.90 Å². The van der Waals surface area contributed by atoms with Crippen LogP contribution in [0.1, 0.15) is 71.6 Å². The number of β-amino-alcohol motifs (C(OH)–C–C–N with tert-alkyl or cyclic N) is 1. The summed E-state index contributed by atoms with van der Waals surface area (Å²) in [7, 11) is 0. The molecular formula is C21H37NO2. The molecule has 3 heteroatoms. The summed E-state index contributed by atoms with van der Waals surface area (Å²) in [6, 6.07) is 1.21. The Morgan fingerprint density at radius 1 is 1.00 bits per heavy atom. The minimum Gasteiger partial charge on any atom is -0.389 e. The van der Waals surface area contributed by atoms with Crippen LogP contribution >= 0.6 is 0 Å². The molecule has 1 N–H and O–H groups in total. The van der Waals surface area contributed by atoms with Crippen LogP contribution in [0.15, 0.2) is 0 Å². The summed E-state index contributed by atoms with van der Waals surface area (Å²) in [6.45, 7) is 6.82. The first-order valence-electron chi connectivity index (χ1n) is 10.5. The molecule has 0 spiro atoms. The lowest BCUT2D eigenvalue weighted by atomic mass is 9.50. The highest BCUT2D eigenvalue weighted by Gasteiger charge is 2.50. The molecule has 5 fully saturated rings. The number of aliphatic hydroxyl groups excluding tert-OH is 1. The molecule has 5 rings (SSSR count). The normalized spacial score (nSPS) is 46.4. The highest BCUT2D eigenvalue weighted by atomic mass is 16.5. The summed E-state index contributed by atoms with van der Waals surface area (Å²) >= 11 is 0. The van der Waals surface area contributed by atoms with Crippen molar-refractivity contribution in [2.75, 3.05) is 19.8 Å². The maximum Gasteiger partial charge on any atom is 0.0900 e. The Labute approximate surface area is 148 Å². The first-order chi connectivity index (χ1) is 11.5. The van der Waals surface area contributed by atoms with Crippen LogP contribution in [0.5, 0.6) is 0 Å². The van der Waals surface area contributed by atoms with Crippen LogP contribution < -0.4 is 0 Å². The minimum absolute atomic E-state index is 0.332. The average molecular weight is 336 g/mol. The van der Waals surface area contributed by atoms with Crippen molar-refractivity contribution in [2.24, 2.45) is 23.2 Å². The number of hydrogen-bond donors (Lipinski definition) is 1. The smallest absolute Gasteiger partial charge is 0.0900 e. The van der Waals surface area contributed by atoms with Gasteiger partial charge in [-0.1, -0.05) is 6.42 Å². The molecule has 3 nitrogen and oxygen atoms in total. The summed E-state index contributed by atoms with van der Waals surface area (Å²) in [4.78, 5) is 2.49. The molecule has 1 aliphatic heterocycles. The van der Waals surface area contributed by atoms with Crippen LogP contribution in [0.3, 0.4) is 0 Å². The first-order valence-corrected chi connectivity index (χ1v) is 10.5. The quantitative estimate of drug-likeness (QED) is 0.800. The Balaban J connectivity index is 1.24. The van der Waals surface area contributed by atoms with Gasteiger partial charge in [0.2, 0.25) is 0 Å². The van der Waals surface area contributed by atoms with E-state index < -0.39 is 0 Å². The maximum atomic E-state index is 10.5. The second kappa shape index (κ2) is 6.89. The second-order valence-corrected chi connectivity index (χ2v) is 9.91. The SMILES string of the molecule is C[C@@H]1CCC[C@@H](C)N1C[C@@H](O)COCC12CC3CC(CC(C3)C1)C2. The molecule has 4 bridgehead atoms. The van der Waals surface area contributed by atoms with Crippen molar-refractivity contribution in [3.63, 3.8) is 0 Å². The number of rotatable bonds is 6. The van der Waals surface area contributed by atoms with E-state index in [2.05, 4.69) is 18.7 Å². The Morgan fingerprint density at radius 3 is 2.08 bits per heavy atom. The van der Waals surface area contributed by atoms with E-state index in [1.807, 2.05) is 0 Å². The molecule has 138 valence electrons. The monoisotopic (exact) mass is 335 g/mol. The molecule has 0 aromatic rings. The average Bonchev–Trinajstić information content (AvgIpc) is 2.49. The number of ether oxygens (including phenoxy) is 1.